The van der Waals surface area contributed by atoms with Crippen LogP contribution in [0.25, 0.3) is 0 Å². The molecule has 0 aromatic rings. The van der Waals surface area contributed by atoms with Crippen LogP contribution >= 0.6 is 0 Å². The van der Waals surface area contributed by atoms with Gasteiger partial charge in [0, 0.05) is 6.42 Å². The minimum absolute atomic E-state index is 0.0830. The van der Waals surface area contributed by atoms with Crippen molar-refractivity contribution in [2.24, 2.45) is 0 Å². The third-order valence-electron chi connectivity index (χ3n) is 8.72. The van der Waals surface area contributed by atoms with Gasteiger partial charge in [0.1, 0.15) is 0 Å². The fourth-order valence-electron chi connectivity index (χ4n) is 5.61. The van der Waals surface area contributed by atoms with Crippen LogP contribution in [0.1, 0.15) is 187 Å². The fourth-order valence-corrected chi connectivity index (χ4v) is 5.61. The van der Waals surface area contributed by atoms with Gasteiger partial charge >= 0.3 is 0 Å². The Hall–Kier alpha value is -1.91. The van der Waals surface area contributed by atoms with Gasteiger partial charge in [0.2, 0.25) is 5.91 Å². The first-order valence-electron chi connectivity index (χ1n) is 20.0. The third kappa shape index (κ3) is 35.2. The Bertz CT molecular complexity index is 797. The molecule has 0 aliphatic rings. The predicted octanol–water partition coefficient (Wildman–Crippen LogP) is 12.2. The van der Waals surface area contributed by atoms with E-state index in [9.17, 15) is 15.0 Å². The van der Waals surface area contributed by atoms with Gasteiger partial charge in [-0.25, -0.2) is 0 Å². The van der Waals surface area contributed by atoms with Crippen LogP contribution < -0.4 is 5.32 Å². The number of nitrogens with one attached hydrogen (secondary N) is 1. The number of hydrogen-bond donors (Lipinski definition) is 3. The van der Waals surface area contributed by atoms with Crippen molar-refractivity contribution in [2.45, 2.75) is 199 Å². The molecule has 4 nitrogen and oxygen atoms in total. The van der Waals surface area contributed by atoms with Crippen molar-refractivity contribution < 1.29 is 15.0 Å². The Balaban J connectivity index is 3.60. The number of carbonyl (C=O) groups excluding carboxylic acids is 1. The lowest BCUT2D eigenvalue weighted by molar-refractivity contribution is -0.123. The van der Waals surface area contributed by atoms with E-state index in [2.05, 4.69) is 67.8 Å². The van der Waals surface area contributed by atoms with Crippen molar-refractivity contribution in [2.75, 3.05) is 6.61 Å². The summed E-state index contributed by atoms with van der Waals surface area (Å²) in [4.78, 5) is 12.3. The van der Waals surface area contributed by atoms with Crippen molar-refractivity contribution in [3.63, 3.8) is 0 Å². The fraction of sp³-hybridized carbons (Fsp3) is 0.744. The quantitative estimate of drug-likeness (QED) is 0.0470. The Kier molecular flexibility index (Phi) is 37.0. The van der Waals surface area contributed by atoms with Crippen LogP contribution in [0.4, 0.5) is 0 Å². The molecule has 0 radical (unpaired) electrons. The molecule has 0 aliphatic carbocycles. The largest absolute Gasteiger partial charge is 0.394 e. The van der Waals surface area contributed by atoms with E-state index in [1.165, 1.54) is 122 Å². The second-order valence-electron chi connectivity index (χ2n) is 13.3. The minimum Gasteiger partial charge on any atom is -0.394 e. The number of allylic oxidation sites excluding steroid dienone is 9. The highest BCUT2D eigenvalue weighted by Crippen LogP contribution is 2.13. The zero-order valence-electron chi connectivity index (χ0n) is 31.0. The molecule has 0 heterocycles. The van der Waals surface area contributed by atoms with Crippen LogP contribution in [-0.2, 0) is 4.79 Å². The summed E-state index contributed by atoms with van der Waals surface area (Å²) in [6.45, 7) is 4.23. The maximum atomic E-state index is 12.3. The summed E-state index contributed by atoms with van der Waals surface area (Å²) in [7, 11) is 0. The zero-order valence-corrected chi connectivity index (χ0v) is 31.0. The second kappa shape index (κ2) is 38.5. The molecule has 272 valence electrons. The number of rotatable bonds is 35. The monoisotopic (exact) mass is 656 g/mol. The molecule has 3 N–H and O–H groups in total. The first kappa shape index (κ1) is 45.1. The number of aliphatic hydroxyl groups excluding tert-OH is 2. The minimum atomic E-state index is -0.863. The van der Waals surface area contributed by atoms with E-state index in [0.717, 1.165) is 44.9 Å². The molecule has 47 heavy (non-hydrogen) atoms. The lowest BCUT2D eigenvalue weighted by Crippen LogP contribution is -2.45. The van der Waals surface area contributed by atoms with Crippen LogP contribution in [0.5, 0.6) is 0 Å². The smallest absolute Gasteiger partial charge is 0.220 e. The van der Waals surface area contributed by atoms with E-state index >= 15 is 0 Å². The van der Waals surface area contributed by atoms with Gasteiger partial charge in [0.05, 0.1) is 18.8 Å². The standard InChI is InChI=1S/C43H77NO3/c1-3-5-7-9-11-13-15-16-17-18-19-20-21-22-23-24-25-26-27-28-29-31-33-35-37-39-43(47)44-41(40-45)42(46)38-36-34-32-30-14-12-10-8-6-4-2/h14-16,18-19,21-22,30,36,38,41-42,45-46H,3-13,17,20,23-29,31-35,37,39-40H2,1-2H3,(H,44,47)/b16-15-,19-18-,22-21-,30-14+,38-36+. The first-order valence-corrected chi connectivity index (χ1v) is 20.0. The molecular weight excluding hydrogens is 578 g/mol. The molecule has 0 saturated carbocycles. The number of hydrogen-bond acceptors (Lipinski definition) is 3. The van der Waals surface area contributed by atoms with Gasteiger partial charge in [-0.1, -0.05) is 171 Å². The summed E-state index contributed by atoms with van der Waals surface area (Å²) in [5.41, 5.74) is 0. The summed E-state index contributed by atoms with van der Waals surface area (Å²) in [6, 6.07) is -0.641. The predicted molar refractivity (Wildman–Crippen MR) is 207 cm³/mol. The molecule has 0 bridgehead atoms. The van der Waals surface area contributed by atoms with Gasteiger partial charge in [0.15, 0.2) is 0 Å². The Morgan fingerprint density at radius 2 is 0.894 bits per heavy atom. The lowest BCUT2D eigenvalue weighted by atomic mass is 10.0. The highest BCUT2D eigenvalue weighted by Gasteiger charge is 2.17. The van der Waals surface area contributed by atoms with Gasteiger partial charge in [-0.2, -0.15) is 0 Å². The van der Waals surface area contributed by atoms with E-state index in [4.69, 9.17) is 0 Å². The summed E-state index contributed by atoms with van der Waals surface area (Å²) in [5, 5.41) is 22.8. The topological polar surface area (TPSA) is 69.6 Å². The van der Waals surface area contributed by atoms with Crippen molar-refractivity contribution in [1.82, 2.24) is 5.32 Å². The van der Waals surface area contributed by atoms with Crippen LogP contribution in [0.3, 0.4) is 0 Å². The van der Waals surface area contributed by atoms with Crippen molar-refractivity contribution in [3.05, 3.63) is 60.8 Å². The Morgan fingerprint density at radius 3 is 1.40 bits per heavy atom. The highest BCUT2D eigenvalue weighted by atomic mass is 16.3. The SMILES string of the molecule is CCCCCC/C=C/CC/C=C/C(O)C(CO)NC(=O)CCCCCCCCCCCC/C=C\C/C=C\C/C=C\CCCCCCC. The van der Waals surface area contributed by atoms with E-state index in [0.29, 0.717) is 6.42 Å². The van der Waals surface area contributed by atoms with E-state index in [1.54, 1.807) is 6.08 Å². The van der Waals surface area contributed by atoms with Crippen molar-refractivity contribution >= 4 is 5.91 Å². The van der Waals surface area contributed by atoms with Crippen LogP contribution in [-0.4, -0.2) is 34.9 Å². The van der Waals surface area contributed by atoms with E-state index < -0.39 is 12.1 Å². The van der Waals surface area contributed by atoms with E-state index in [1.807, 2.05) is 6.08 Å². The normalized spacial score (nSPS) is 13.7. The molecule has 2 atom stereocenters. The molecule has 4 heteroatoms. The van der Waals surface area contributed by atoms with Gasteiger partial charge < -0.3 is 15.5 Å². The van der Waals surface area contributed by atoms with Crippen LogP contribution in [0, 0.1) is 0 Å². The summed E-state index contributed by atoms with van der Waals surface area (Å²) in [5.74, 6) is -0.0830. The Morgan fingerprint density at radius 1 is 0.511 bits per heavy atom. The summed E-state index contributed by atoms with van der Waals surface area (Å²) in [6.07, 6.45) is 53.2. The Labute approximate surface area is 292 Å². The maximum Gasteiger partial charge on any atom is 0.220 e. The maximum absolute atomic E-state index is 12.3. The molecule has 0 aromatic carbocycles. The van der Waals surface area contributed by atoms with Gasteiger partial charge in [-0.3, -0.25) is 4.79 Å². The molecular formula is C43H77NO3. The lowest BCUT2D eigenvalue weighted by Gasteiger charge is -2.19. The number of unbranched alkanes of at least 4 members (excludes halogenated alkanes) is 20. The zero-order chi connectivity index (χ0) is 34.3. The van der Waals surface area contributed by atoms with Crippen LogP contribution in [0.15, 0.2) is 60.8 Å². The average molecular weight is 656 g/mol. The van der Waals surface area contributed by atoms with Crippen molar-refractivity contribution in [1.29, 1.82) is 0 Å². The average Bonchev–Trinajstić information content (AvgIpc) is 3.07. The van der Waals surface area contributed by atoms with E-state index in [-0.39, 0.29) is 12.5 Å². The molecule has 2 unspecified atom stereocenters. The molecule has 0 spiro atoms. The number of amides is 1. The number of carbonyl (C=O) groups is 1. The third-order valence-corrected chi connectivity index (χ3v) is 8.72. The van der Waals surface area contributed by atoms with Gasteiger partial charge in [-0.05, 0) is 70.6 Å². The molecule has 0 rings (SSSR count). The number of aliphatic hydroxyl groups is 2. The summed E-state index contributed by atoms with van der Waals surface area (Å²) >= 11 is 0. The molecule has 1 amide bonds. The van der Waals surface area contributed by atoms with Crippen molar-refractivity contribution in [3.8, 4) is 0 Å². The first-order chi connectivity index (χ1) is 23.2. The summed E-state index contributed by atoms with van der Waals surface area (Å²) < 4.78 is 0. The highest BCUT2D eigenvalue weighted by molar-refractivity contribution is 5.76. The molecule has 0 fully saturated rings. The van der Waals surface area contributed by atoms with Crippen LogP contribution in [0.2, 0.25) is 0 Å². The van der Waals surface area contributed by atoms with Gasteiger partial charge in [0.25, 0.3) is 0 Å². The molecule has 0 aromatic heterocycles. The van der Waals surface area contributed by atoms with Gasteiger partial charge in [-0.15, -0.1) is 0 Å². The molecule has 0 aliphatic heterocycles. The molecule has 0 saturated heterocycles. The second-order valence-corrected chi connectivity index (χ2v) is 13.3.